The molecule has 0 fully saturated rings. The van der Waals surface area contributed by atoms with Crippen LogP contribution in [0.15, 0.2) is 46.0 Å². The maximum absolute atomic E-state index is 12.0. The summed E-state index contributed by atoms with van der Waals surface area (Å²) >= 11 is 3.13. The molecule has 25 heavy (non-hydrogen) atoms. The van der Waals surface area contributed by atoms with Gasteiger partial charge in [-0.25, -0.2) is 0 Å². The summed E-state index contributed by atoms with van der Waals surface area (Å²) in [6.07, 6.45) is 0. The Morgan fingerprint density at radius 2 is 1.92 bits per heavy atom. The fourth-order valence-electron chi connectivity index (χ4n) is 1.83. The summed E-state index contributed by atoms with van der Waals surface area (Å²) in [4.78, 5) is 23.9. The second-order valence-electron chi connectivity index (χ2n) is 5.25. The molecule has 5 nitrogen and oxygen atoms in total. The van der Waals surface area contributed by atoms with Gasteiger partial charge in [0.1, 0.15) is 0 Å². The number of thioether (sulfide) groups is 1. The summed E-state index contributed by atoms with van der Waals surface area (Å²) in [5.41, 5.74) is 1.26. The van der Waals surface area contributed by atoms with Crippen LogP contribution in [0, 0.1) is 0 Å². The Morgan fingerprint density at radius 3 is 2.52 bits per heavy atom. The number of rotatable bonds is 8. The van der Waals surface area contributed by atoms with Gasteiger partial charge in [-0.1, -0.05) is 6.07 Å². The van der Waals surface area contributed by atoms with E-state index in [0.29, 0.717) is 23.5 Å². The van der Waals surface area contributed by atoms with Crippen molar-refractivity contribution in [3.8, 4) is 0 Å². The van der Waals surface area contributed by atoms with E-state index >= 15 is 0 Å². The summed E-state index contributed by atoms with van der Waals surface area (Å²) < 4.78 is 1.12. The molecule has 1 atom stereocenters. The smallest absolute Gasteiger partial charge is 0.251 e. The molecule has 0 aliphatic carbocycles. The highest BCUT2D eigenvalue weighted by molar-refractivity contribution is 8.01. The lowest BCUT2D eigenvalue weighted by molar-refractivity contribution is -0.113. The molecular weight excluding hydrogens is 378 g/mol. The largest absolute Gasteiger partial charge is 0.350 e. The highest BCUT2D eigenvalue weighted by atomic mass is 35.5. The third-order valence-electron chi connectivity index (χ3n) is 3.33. The number of halogens is 1. The van der Waals surface area contributed by atoms with Crippen LogP contribution in [0.3, 0.4) is 0 Å². The van der Waals surface area contributed by atoms with Crippen LogP contribution in [0.1, 0.15) is 17.3 Å². The second-order valence-corrected chi connectivity index (χ2v) is 7.47. The molecule has 1 unspecified atom stereocenters. The van der Waals surface area contributed by atoms with E-state index < -0.39 is 0 Å². The molecule has 1 aromatic heterocycles. The molecule has 8 heteroatoms. The number of carbonyl (C=O) groups excluding carboxylic acids is 2. The van der Waals surface area contributed by atoms with Crippen molar-refractivity contribution in [2.24, 2.45) is 0 Å². The molecule has 0 spiro atoms. The van der Waals surface area contributed by atoms with Gasteiger partial charge in [0.15, 0.2) is 0 Å². The number of benzene rings is 1. The fourth-order valence-corrected chi connectivity index (χ4v) is 3.42. The van der Waals surface area contributed by atoms with Gasteiger partial charge in [0.05, 0.1) is 9.96 Å². The van der Waals surface area contributed by atoms with E-state index in [9.17, 15) is 9.59 Å². The topological polar surface area (TPSA) is 70.2 Å². The number of carbonyl (C=O) groups is 2. The summed E-state index contributed by atoms with van der Waals surface area (Å²) in [6, 6.07) is 11.1. The lowest BCUT2D eigenvalue weighted by Crippen LogP contribution is -2.37. The van der Waals surface area contributed by atoms with Crippen LogP contribution >= 0.6 is 35.5 Å². The Hall–Kier alpha value is -1.54. The first-order valence-electron chi connectivity index (χ1n) is 7.60. The third-order valence-corrected chi connectivity index (χ3v) is 5.46. The zero-order valence-electron chi connectivity index (χ0n) is 14.1. The minimum atomic E-state index is -0.122. The van der Waals surface area contributed by atoms with Crippen LogP contribution < -0.4 is 16.0 Å². The summed E-state index contributed by atoms with van der Waals surface area (Å²) in [5, 5.41) is 10.7. The first-order chi connectivity index (χ1) is 11.6. The average molecular weight is 400 g/mol. The molecule has 2 aromatic rings. The molecule has 0 aliphatic heterocycles. The van der Waals surface area contributed by atoms with Crippen molar-refractivity contribution in [2.45, 2.75) is 17.2 Å². The molecule has 136 valence electrons. The van der Waals surface area contributed by atoms with Crippen molar-refractivity contribution in [1.82, 2.24) is 10.6 Å². The Labute approximate surface area is 162 Å². The predicted octanol–water partition coefficient (Wildman–Crippen LogP) is 3.24. The van der Waals surface area contributed by atoms with Crippen LogP contribution in [-0.2, 0) is 4.79 Å². The molecule has 2 rings (SSSR count). The van der Waals surface area contributed by atoms with Gasteiger partial charge in [0, 0.05) is 23.8 Å². The fraction of sp³-hybridized carbons (Fsp3) is 0.294. The number of likely N-dealkylation sites (N-methyl/N-ethyl adjacent to an activating group) is 1. The maximum atomic E-state index is 12.0. The lowest BCUT2D eigenvalue weighted by atomic mass is 10.2. The van der Waals surface area contributed by atoms with Gasteiger partial charge in [0.2, 0.25) is 5.91 Å². The Morgan fingerprint density at radius 1 is 1.20 bits per heavy atom. The third kappa shape index (κ3) is 7.48. The first-order valence-corrected chi connectivity index (χ1v) is 9.46. The van der Waals surface area contributed by atoms with E-state index in [2.05, 4.69) is 16.0 Å². The highest BCUT2D eigenvalue weighted by Crippen LogP contribution is 2.23. The van der Waals surface area contributed by atoms with Gasteiger partial charge in [0.25, 0.3) is 5.91 Å². The lowest BCUT2D eigenvalue weighted by Gasteiger charge is -2.11. The molecule has 1 heterocycles. The van der Waals surface area contributed by atoms with Gasteiger partial charge in [-0.2, -0.15) is 0 Å². The number of anilines is 1. The van der Waals surface area contributed by atoms with E-state index in [-0.39, 0.29) is 30.3 Å². The van der Waals surface area contributed by atoms with E-state index in [1.54, 1.807) is 35.6 Å². The van der Waals surface area contributed by atoms with Crippen LogP contribution in [0.4, 0.5) is 5.69 Å². The minimum Gasteiger partial charge on any atom is -0.350 e. The maximum Gasteiger partial charge on any atom is 0.251 e. The van der Waals surface area contributed by atoms with Crippen molar-refractivity contribution in [3.05, 3.63) is 47.3 Å². The van der Waals surface area contributed by atoms with Crippen molar-refractivity contribution in [3.63, 3.8) is 0 Å². The number of hydrogen-bond donors (Lipinski definition) is 3. The predicted molar refractivity (Wildman–Crippen MR) is 108 cm³/mol. The van der Waals surface area contributed by atoms with Crippen LogP contribution in [0.5, 0.6) is 0 Å². The summed E-state index contributed by atoms with van der Waals surface area (Å²) in [6.45, 7) is 2.56. The molecule has 0 radical (unpaired) electrons. The summed E-state index contributed by atoms with van der Waals surface area (Å²) in [7, 11) is 1.85. The summed E-state index contributed by atoms with van der Waals surface area (Å²) in [5.74, 6) is 0.182. The van der Waals surface area contributed by atoms with Crippen LogP contribution in [0.2, 0.25) is 0 Å². The highest BCUT2D eigenvalue weighted by Gasteiger charge is 2.08. The quantitative estimate of drug-likeness (QED) is 0.596. The van der Waals surface area contributed by atoms with Crippen molar-refractivity contribution in [2.75, 3.05) is 24.7 Å². The Kier molecular flexibility index (Phi) is 9.59. The Balaban J connectivity index is 0.00000312. The van der Waals surface area contributed by atoms with E-state index in [4.69, 9.17) is 0 Å². The normalized spacial score (nSPS) is 11.3. The average Bonchev–Trinajstić information content (AvgIpc) is 3.11. The molecule has 1 aromatic carbocycles. The zero-order chi connectivity index (χ0) is 17.4. The molecule has 0 saturated carbocycles. The van der Waals surface area contributed by atoms with Crippen LogP contribution in [-0.4, -0.2) is 37.2 Å². The standard InChI is InChI=1S/C17H21N3O2S2.ClH/c1-12(18-2)10-19-17(22)13-5-7-14(8-6-13)20-15(21)11-24-16-4-3-9-23-16;/h3-9,12,18H,10-11H2,1-2H3,(H,19,22)(H,20,21);1H. The molecule has 0 saturated heterocycles. The number of thiophene rings is 1. The van der Waals surface area contributed by atoms with Crippen molar-refractivity contribution < 1.29 is 9.59 Å². The number of hydrogen-bond acceptors (Lipinski definition) is 5. The van der Waals surface area contributed by atoms with Crippen LogP contribution in [0.25, 0.3) is 0 Å². The molecule has 0 bridgehead atoms. The molecule has 0 aliphatic rings. The van der Waals surface area contributed by atoms with Crippen molar-refractivity contribution in [1.29, 1.82) is 0 Å². The van der Waals surface area contributed by atoms with Gasteiger partial charge < -0.3 is 16.0 Å². The minimum absolute atomic E-state index is 0. The molecule has 3 N–H and O–H groups in total. The van der Waals surface area contributed by atoms with Gasteiger partial charge in [-0.3, -0.25) is 9.59 Å². The monoisotopic (exact) mass is 399 g/mol. The van der Waals surface area contributed by atoms with E-state index in [1.165, 1.54) is 11.8 Å². The Bertz CT molecular complexity index is 663. The van der Waals surface area contributed by atoms with Crippen molar-refractivity contribution >= 4 is 53.0 Å². The number of amides is 2. The van der Waals surface area contributed by atoms with E-state index in [0.717, 1.165) is 4.21 Å². The van der Waals surface area contributed by atoms with Gasteiger partial charge in [-0.15, -0.1) is 35.5 Å². The van der Waals surface area contributed by atoms with Gasteiger partial charge >= 0.3 is 0 Å². The number of nitrogens with one attached hydrogen (secondary N) is 3. The van der Waals surface area contributed by atoms with E-state index in [1.807, 2.05) is 31.5 Å². The SMILES string of the molecule is CNC(C)CNC(=O)c1ccc(NC(=O)CSc2cccs2)cc1.Cl. The molecular formula is C17H22ClN3O2S2. The van der Waals surface area contributed by atoms with Gasteiger partial charge in [-0.05, 0) is 49.7 Å². The first kappa shape index (κ1) is 21.5. The second kappa shape index (κ2) is 11.1. The zero-order valence-corrected chi connectivity index (χ0v) is 16.5. The molecule has 2 amide bonds.